The monoisotopic (exact) mass is 391 g/mol. The third-order valence-corrected chi connectivity index (χ3v) is 3.77. The van der Waals surface area contributed by atoms with Crippen LogP contribution in [0.2, 0.25) is 5.02 Å². The number of carbonyl (C=O) groups excluding carboxylic acids is 1. The van der Waals surface area contributed by atoms with Gasteiger partial charge in [0.2, 0.25) is 0 Å². The molecule has 0 unspecified atom stereocenters. The molecule has 2 heterocycles. The highest BCUT2D eigenvalue weighted by atomic mass is 35.5. The van der Waals surface area contributed by atoms with Crippen LogP contribution >= 0.6 is 11.6 Å². The van der Waals surface area contributed by atoms with Gasteiger partial charge in [0, 0.05) is 12.3 Å². The van der Waals surface area contributed by atoms with Gasteiger partial charge in [0.15, 0.2) is 11.5 Å². The molecule has 2 aromatic heterocycles. The molecule has 0 aliphatic heterocycles. The minimum absolute atomic E-state index is 0.0647. The van der Waals surface area contributed by atoms with Crippen LogP contribution in [0.4, 0.5) is 18.9 Å². The van der Waals surface area contributed by atoms with Crippen LogP contribution in [0.15, 0.2) is 48.7 Å². The third kappa shape index (κ3) is 3.75. The molecule has 1 aromatic carbocycles. The van der Waals surface area contributed by atoms with Gasteiger partial charge in [-0.3, -0.25) is 4.79 Å². The first-order valence-corrected chi connectivity index (χ1v) is 7.77. The van der Waals surface area contributed by atoms with E-state index in [-0.39, 0.29) is 22.2 Å². The zero-order chi connectivity index (χ0) is 19.6. The Balaban J connectivity index is 2.04. The average Bonchev–Trinajstić information content (AvgIpc) is 3.06. The first-order chi connectivity index (χ1) is 12.8. The molecule has 0 saturated heterocycles. The van der Waals surface area contributed by atoms with E-state index in [9.17, 15) is 18.0 Å². The van der Waals surface area contributed by atoms with E-state index in [1.807, 2.05) is 0 Å². The largest absolute Gasteiger partial charge is 0.418 e. The van der Waals surface area contributed by atoms with Gasteiger partial charge < -0.3 is 5.32 Å². The number of hydrogen-bond donors (Lipinski definition) is 1. The number of carbonyl (C=O) groups is 1. The molecule has 1 N–H and O–H groups in total. The Morgan fingerprint density at radius 3 is 2.63 bits per heavy atom. The average molecular weight is 392 g/mol. The number of rotatable bonds is 3. The number of aromatic nitrogens is 3. The van der Waals surface area contributed by atoms with Crippen LogP contribution in [0.3, 0.4) is 0 Å². The first kappa shape index (κ1) is 18.4. The third-order valence-electron chi connectivity index (χ3n) is 3.48. The van der Waals surface area contributed by atoms with Crippen LogP contribution in [0.1, 0.15) is 21.7 Å². The van der Waals surface area contributed by atoms with Gasteiger partial charge in [-0.15, -0.1) is 0 Å². The molecule has 3 aromatic rings. The van der Waals surface area contributed by atoms with Crippen molar-refractivity contribution in [1.82, 2.24) is 14.8 Å². The summed E-state index contributed by atoms with van der Waals surface area (Å²) in [5.74, 6) is -0.836. The van der Waals surface area contributed by atoms with Gasteiger partial charge in [0.25, 0.3) is 5.91 Å². The zero-order valence-electron chi connectivity index (χ0n) is 13.3. The molecule has 0 aliphatic rings. The van der Waals surface area contributed by atoms with Crippen molar-refractivity contribution in [1.29, 1.82) is 5.26 Å². The number of benzene rings is 1. The summed E-state index contributed by atoms with van der Waals surface area (Å²) in [6, 6.07) is 10.5. The van der Waals surface area contributed by atoms with Crippen molar-refractivity contribution in [3.8, 4) is 11.9 Å². The van der Waals surface area contributed by atoms with Crippen LogP contribution in [0.5, 0.6) is 0 Å². The molecular formula is C17H9ClF3N5O. The molecule has 0 bridgehead atoms. The lowest BCUT2D eigenvalue weighted by atomic mass is 10.1. The highest BCUT2D eigenvalue weighted by molar-refractivity contribution is 6.32. The second-order valence-corrected chi connectivity index (χ2v) is 5.65. The maximum Gasteiger partial charge on any atom is 0.418 e. The first-order valence-electron chi connectivity index (χ1n) is 7.40. The quantitative estimate of drug-likeness (QED) is 0.729. The summed E-state index contributed by atoms with van der Waals surface area (Å²) in [5.41, 5.74) is -1.73. The fourth-order valence-corrected chi connectivity index (χ4v) is 2.52. The Kier molecular flexibility index (Phi) is 4.83. The molecule has 1 amide bonds. The number of amides is 1. The lowest BCUT2D eigenvalue weighted by Gasteiger charge is -2.14. The molecule has 27 heavy (non-hydrogen) atoms. The van der Waals surface area contributed by atoms with Crippen molar-refractivity contribution < 1.29 is 18.0 Å². The number of nitrogens with zero attached hydrogens (tertiary/aromatic N) is 4. The molecule has 0 saturated carbocycles. The number of halogens is 4. The van der Waals surface area contributed by atoms with Crippen LogP contribution in [-0.4, -0.2) is 20.7 Å². The number of nitriles is 1. The van der Waals surface area contributed by atoms with E-state index < -0.39 is 23.3 Å². The standard InChI is InChI=1S/C17H9ClF3N5O/c18-12-5-3-7-23-15(12)26-14(8-10(9-22)25-26)16(27)24-13-6-2-1-4-11(13)17(19,20)21/h1-8H,(H,24,27). The van der Waals surface area contributed by atoms with Crippen LogP contribution in [0, 0.1) is 11.3 Å². The summed E-state index contributed by atoms with van der Waals surface area (Å²) in [4.78, 5) is 16.6. The Morgan fingerprint density at radius 1 is 1.22 bits per heavy atom. The molecule has 0 radical (unpaired) electrons. The Labute approximate surface area is 155 Å². The van der Waals surface area contributed by atoms with Crippen molar-refractivity contribution >= 4 is 23.2 Å². The second-order valence-electron chi connectivity index (χ2n) is 5.24. The molecule has 0 aliphatic carbocycles. The van der Waals surface area contributed by atoms with Gasteiger partial charge in [-0.2, -0.15) is 23.5 Å². The lowest BCUT2D eigenvalue weighted by molar-refractivity contribution is -0.136. The lowest BCUT2D eigenvalue weighted by Crippen LogP contribution is -2.20. The molecule has 0 atom stereocenters. The molecule has 136 valence electrons. The number of pyridine rings is 1. The molecule has 0 spiro atoms. The predicted molar refractivity (Wildman–Crippen MR) is 90.5 cm³/mol. The fraction of sp³-hybridized carbons (Fsp3) is 0.0588. The van der Waals surface area contributed by atoms with E-state index in [0.29, 0.717) is 0 Å². The predicted octanol–water partition coefficient (Wildman–Crippen LogP) is 4.06. The zero-order valence-corrected chi connectivity index (χ0v) is 14.1. The number of hydrogen-bond acceptors (Lipinski definition) is 4. The number of alkyl halides is 3. The second kappa shape index (κ2) is 7.09. The number of para-hydroxylation sites is 1. The minimum atomic E-state index is -4.65. The van der Waals surface area contributed by atoms with E-state index in [4.69, 9.17) is 16.9 Å². The van der Waals surface area contributed by atoms with Gasteiger partial charge in [0.1, 0.15) is 11.8 Å². The smallest absolute Gasteiger partial charge is 0.320 e. The van der Waals surface area contributed by atoms with Gasteiger partial charge in [-0.05, 0) is 24.3 Å². The SMILES string of the molecule is N#Cc1cc(C(=O)Nc2ccccc2C(F)(F)F)n(-c2ncccc2Cl)n1. The summed E-state index contributed by atoms with van der Waals surface area (Å²) >= 11 is 6.05. The molecule has 3 rings (SSSR count). The molecule has 10 heteroatoms. The highest BCUT2D eigenvalue weighted by Crippen LogP contribution is 2.34. The maximum atomic E-state index is 13.1. The van der Waals surface area contributed by atoms with Crippen molar-refractivity contribution in [2.24, 2.45) is 0 Å². The van der Waals surface area contributed by atoms with E-state index in [2.05, 4.69) is 15.4 Å². The summed E-state index contributed by atoms with van der Waals surface area (Å²) in [5, 5.41) is 15.3. The maximum absolute atomic E-state index is 13.1. The topological polar surface area (TPSA) is 83.6 Å². The Morgan fingerprint density at radius 2 is 1.96 bits per heavy atom. The highest BCUT2D eigenvalue weighted by Gasteiger charge is 2.34. The van der Waals surface area contributed by atoms with Crippen molar-refractivity contribution in [2.45, 2.75) is 6.18 Å². The van der Waals surface area contributed by atoms with Crippen LogP contribution in [-0.2, 0) is 6.18 Å². The summed E-state index contributed by atoms with van der Waals surface area (Å²) in [7, 11) is 0. The van der Waals surface area contributed by atoms with Gasteiger partial charge in [0.05, 0.1) is 16.3 Å². The minimum Gasteiger partial charge on any atom is -0.320 e. The van der Waals surface area contributed by atoms with Crippen molar-refractivity contribution in [3.05, 3.63) is 70.6 Å². The summed E-state index contributed by atoms with van der Waals surface area (Å²) in [6.07, 6.45) is -3.25. The molecule has 0 fully saturated rings. The van der Waals surface area contributed by atoms with E-state index >= 15 is 0 Å². The van der Waals surface area contributed by atoms with Gasteiger partial charge >= 0.3 is 6.18 Å². The Bertz CT molecular complexity index is 1060. The molecule has 6 nitrogen and oxygen atoms in total. The number of anilines is 1. The van der Waals surface area contributed by atoms with Gasteiger partial charge in [-0.1, -0.05) is 23.7 Å². The fourth-order valence-electron chi connectivity index (χ4n) is 2.32. The normalized spacial score (nSPS) is 11.1. The van der Waals surface area contributed by atoms with E-state index in [1.165, 1.54) is 24.4 Å². The Hall–Kier alpha value is -3.38. The van der Waals surface area contributed by atoms with Crippen LogP contribution < -0.4 is 5.32 Å². The van der Waals surface area contributed by atoms with Crippen molar-refractivity contribution in [3.63, 3.8) is 0 Å². The summed E-state index contributed by atoms with van der Waals surface area (Å²) in [6.45, 7) is 0. The number of nitrogens with one attached hydrogen (secondary N) is 1. The molecular weight excluding hydrogens is 383 g/mol. The van der Waals surface area contributed by atoms with Gasteiger partial charge in [-0.25, -0.2) is 9.67 Å². The van der Waals surface area contributed by atoms with E-state index in [1.54, 1.807) is 12.1 Å². The van der Waals surface area contributed by atoms with Crippen LogP contribution in [0.25, 0.3) is 5.82 Å². The summed E-state index contributed by atoms with van der Waals surface area (Å²) < 4.78 is 40.4. The van der Waals surface area contributed by atoms with E-state index in [0.717, 1.165) is 22.9 Å². The van der Waals surface area contributed by atoms with Crippen molar-refractivity contribution in [2.75, 3.05) is 5.32 Å².